The predicted molar refractivity (Wildman–Crippen MR) is 69.2 cm³/mol. The first-order valence-electron chi connectivity index (χ1n) is 5.99. The molecule has 0 heterocycles. The van der Waals surface area contributed by atoms with Gasteiger partial charge >= 0.3 is 0 Å². The fourth-order valence-corrected chi connectivity index (χ4v) is 2.08. The smallest absolute Gasteiger partial charge is 0.0983 e. The van der Waals surface area contributed by atoms with Gasteiger partial charge in [0, 0.05) is 6.54 Å². The van der Waals surface area contributed by atoms with E-state index in [-0.39, 0.29) is 5.25 Å². The Kier molecular flexibility index (Phi) is 10.3. The van der Waals surface area contributed by atoms with Crippen LogP contribution in [0.15, 0.2) is 12.7 Å². The molecule has 0 radical (unpaired) electrons. The molecule has 0 bridgehead atoms. The van der Waals surface area contributed by atoms with Crippen molar-refractivity contribution in [1.82, 2.24) is 4.72 Å². The SMILES string of the molecule is C=CC(C)S(=O)NCCCCCCCC. The molecular formula is C12H25NOS. The molecule has 3 heteroatoms. The van der Waals surface area contributed by atoms with Crippen LogP contribution in [0.2, 0.25) is 0 Å². The van der Waals surface area contributed by atoms with Gasteiger partial charge in [-0.15, -0.1) is 6.58 Å². The maximum absolute atomic E-state index is 11.4. The van der Waals surface area contributed by atoms with E-state index in [0.29, 0.717) is 0 Å². The molecule has 0 aliphatic carbocycles. The Morgan fingerprint density at radius 3 is 2.47 bits per heavy atom. The van der Waals surface area contributed by atoms with Gasteiger partial charge in [-0.1, -0.05) is 45.1 Å². The molecule has 0 fully saturated rings. The number of rotatable bonds is 10. The van der Waals surface area contributed by atoms with Gasteiger partial charge in [-0.05, 0) is 13.3 Å². The van der Waals surface area contributed by atoms with E-state index < -0.39 is 11.0 Å². The highest BCUT2D eigenvalue weighted by Crippen LogP contribution is 2.04. The summed E-state index contributed by atoms with van der Waals surface area (Å²) in [6.45, 7) is 8.62. The largest absolute Gasteiger partial charge is 0.242 e. The van der Waals surface area contributed by atoms with Crippen molar-refractivity contribution < 1.29 is 4.21 Å². The van der Waals surface area contributed by atoms with Crippen LogP contribution in [0.4, 0.5) is 0 Å². The second kappa shape index (κ2) is 10.4. The fraction of sp³-hybridized carbons (Fsp3) is 0.833. The van der Waals surface area contributed by atoms with Crippen LogP contribution in [0.3, 0.4) is 0 Å². The van der Waals surface area contributed by atoms with Gasteiger partial charge in [-0.3, -0.25) is 0 Å². The quantitative estimate of drug-likeness (QED) is 0.454. The summed E-state index contributed by atoms with van der Waals surface area (Å²) in [5, 5.41) is 0.0464. The van der Waals surface area contributed by atoms with E-state index in [1.165, 1.54) is 32.1 Å². The summed E-state index contributed by atoms with van der Waals surface area (Å²) in [5.74, 6) is 0. The maximum atomic E-state index is 11.4. The highest BCUT2D eigenvalue weighted by Gasteiger charge is 2.04. The lowest BCUT2D eigenvalue weighted by Gasteiger charge is -2.07. The third-order valence-electron chi connectivity index (χ3n) is 2.44. The summed E-state index contributed by atoms with van der Waals surface area (Å²) in [4.78, 5) is 0. The topological polar surface area (TPSA) is 29.1 Å². The first kappa shape index (κ1) is 14.8. The first-order chi connectivity index (χ1) is 7.22. The Morgan fingerprint density at radius 2 is 1.87 bits per heavy atom. The molecule has 0 aromatic heterocycles. The summed E-state index contributed by atoms with van der Waals surface area (Å²) in [5.41, 5.74) is 0. The highest BCUT2D eigenvalue weighted by atomic mass is 32.2. The molecule has 0 amide bonds. The van der Waals surface area contributed by atoms with Crippen LogP contribution in [0.25, 0.3) is 0 Å². The molecule has 0 rings (SSSR count). The normalized spacial score (nSPS) is 14.8. The van der Waals surface area contributed by atoms with Gasteiger partial charge in [0.1, 0.15) is 0 Å². The van der Waals surface area contributed by atoms with Crippen LogP contribution in [0.5, 0.6) is 0 Å². The van der Waals surface area contributed by atoms with Crippen molar-refractivity contribution >= 4 is 11.0 Å². The van der Waals surface area contributed by atoms with Crippen molar-refractivity contribution in [1.29, 1.82) is 0 Å². The van der Waals surface area contributed by atoms with Crippen LogP contribution in [-0.2, 0) is 11.0 Å². The van der Waals surface area contributed by atoms with Gasteiger partial charge in [-0.2, -0.15) is 0 Å². The van der Waals surface area contributed by atoms with Gasteiger partial charge in [0.2, 0.25) is 0 Å². The molecule has 2 nitrogen and oxygen atoms in total. The van der Waals surface area contributed by atoms with E-state index in [1.807, 2.05) is 6.92 Å². The number of hydrogen-bond donors (Lipinski definition) is 1. The molecule has 2 atom stereocenters. The number of hydrogen-bond acceptors (Lipinski definition) is 1. The Hall–Kier alpha value is -0.150. The summed E-state index contributed by atoms with van der Waals surface area (Å²) >= 11 is 0. The second-order valence-corrected chi connectivity index (χ2v) is 5.53. The Balaban J connectivity index is 3.23. The average molecular weight is 231 g/mol. The highest BCUT2D eigenvalue weighted by molar-refractivity contribution is 7.83. The Bertz CT molecular complexity index is 182. The number of nitrogens with one attached hydrogen (secondary N) is 1. The van der Waals surface area contributed by atoms with E-state index in [1.54, 1.807) is 6.08 Å². The van der Waals surface area contributed by atoms with Crippen LogP contribution >= 0.6 is 0 Å². The molecule has 90 valence electrons. The van der Waals surface area contributed by atoms with Crippen LogP contribution < -0.4 is 4.72 Å². The van der Waals surface area contributed by atoms with Crippen molar-refractivity contribution in [2.45, 2.75) is 57.6 Å². The third kappa shape index (κ3) is 8.82. The van der Waals surface area contributed by atoms with E-state index in [4.69, 9.17) is 0 Å². The fourth-order valence-electron chi connectivity index (χ4n) is 1.30. The van der Waals surface area contributed by atoms with E-state index in [0.717, 1.165) is 13.0 Å². The molecule has 0 aromatic rings. The minimum atomic E-state index is -0.942. The average Bonchev–Trinajstić information content (AvgIpc) is 2.26. The van der Waals surface area contributed by atoms with Crippen molar-refractivity contribution in [3.63, 3.8) is 0 Å². The van der Waals surface area contributed by atoms with Gasteiger partial charge in [0.15, 0.2) is 0 Å². The maximum Gasteiger partial charge on any atom is 0.0983 e. The summed E-state index contributed by atoms with van der Waals surface area (Å²) in [6, 6.07) is 0. The standard InChI is InChI=1S/C12H25NOS/c1-4-6-7-8-9-10-11-13-15(14)12(3)5-2/h5,12-13H,2,4,6-11H2,1,3H3. The minimum absolute atomic E-state index is 0.0464. The molecule has 1 N–H and O–H groups in total. The third-order valence-corrected chi connectivity index (χ3v) is 3.80. The van der Waals surface area contributed by atoms with Gasteiger partial charge in [0.05, 0.1) is 16.2 Å². The molecule has 2 unspecified atom stereocenters. The van der Waals surface area contributed by atoms with Crippen LogP contribution in [0, 0.1) is 0 Å². The first-order valence-corrected chi connectivity index (χ1v) is 7.20. The van der Waals surface area contributed by atoms with E-state index in [9.17, 15) is 4.21 Å². The predicted octanol–water partition coefficient (Wildman–Crippen LogP) is 3.17. The zero-order valence-electron chi connectivity index (χ0n) is 10.1. The molecule has 0 saturated heterocycles. The van der Waals surface area contributed by atoms with Crippen LogP contribution in [0.1, 0.15) is 52.4 Å². The summed E-state index contributed by atoms with van der Waals surface area (Å²) in [7, 11) is -0.942. The molecule has 15 heavy (non-hydrogen) atoms. The number of unbranched alkanes of at least 4 members (excludes halogenated alkanes) is 5. The lowest BCUT2D eigenvalue weighted by Crippen LogP contribution is -2.25. The molecule has 0 aromatic carbocycles. The van der Waals surface area contributed by atoms with Crippen molar-refractivity contribution in [2.75, 3.05) is 6.54 Å². The molecule has 0 saturated carbocycles. The van der Waals surface area contributed by atoms with Crippen molar-refractivity contribution in [3.8, 4) is 0 Å². The second-order valence-electron chi connectivity index (χ2n) is 3.90. The molecular weight excluding hydrogens is 206 g/mol. The Labute approximate surface area is 97.1 Å². The van der Waals surface area contributed by atoms with Gasteiger partial charge in [0.25, 0.3) is 0 Å². The Morgan fingerprint density at radius 1 is 1.27 bits per heavy atom. The zero-order chi connectivity index (χ0) is 11.5. The van der Waals surface area contributed by atoms with Crippen molar-refractivity contribution in [3.05, 3.63) is 12.7 Å². The monoisotopic (exact) mass is 231 g/mol. The summed E-state index contributed by atoms with van der Waals surface area (Å²) < 4.78 is 14.5. The summed E-state index contributed by atoms with van der Waals surface area (Å²) in [6.07, 6.45) is 9.37. The van der Waals surface area contributed by atoms with E-state index in [2.05, 4.69) is 18.2 Å². The minimum Gasteiger partial charge on any atom is -0.242 e. The molecule has 0 aliphatic heterocycles. The van der Waals surface area contributed by atoms with Gasteiger partial charge < -0.3 is 0 Å². The zero-order valence-corrected chi connectivity index (χ0v) is 10.9. The lowest BCUT2D eigenvalue weighted by molar-refractivity contribution is 0.600. The van der Waals surface area contributed by atoms with Gasteiger partial charge in [-0.25, -0.2) is 8.93 Å². The van der Waals surface area contributed by atoms with E-state index >= 15 is 0 Å². The molecule has 0 aliphatic rings. The molecule has 0 spiro atoms. The van der Waals surface area contributed by atoms with Crippen LogP contribution in [-0.4, -0.2) is 16.0 Å². The lowest BCUT2D eigenvalue weighted by atomic mass is 10.1. The van der Waals surface area contributed by atoms with Crippen molar-refractivity contribution in [2.24, 2.45) is 0 Å².